The van der Waals surface area contributed by atoms with E-state index in [-0.39, 0.29) is 4.47 Å². The first-order chi connectivity index (χ1) is 7.50. The topological polar surface area (TPSA) is 3.24 Å². The summed E-state index contributed by atoms with van der Waals surface area (Å²) in [5, 5.41) is 0. The van der Waals surface area contributed by atoms with Crippen LogP contribution in [0.5, 0.6) is 0 Å². The average molecular weight is 294 g/mol. The fourth-order valence-corrected chi connectivity index (χ4v) is 2.68. The fourth-order valence-electron chi connectivity index (χ4n) is 1.94. The van der Waals surface area contributed by atoms with Gasteiger partial charge in [-0.2, -0.15) is 13.2 Å². The number of rotatable bonds is 1. The van der Waals surface area contributed by atoms with E-state index in [0.29, 0.717) is 5.69 Å². The average Bonchev–Trinajstić information content (AvgIpc) is 2.69. The van der Waals surface area contributed by atoms with Crippen LogP contribution in [0.1, 0.15) is 18.4 Å². The third-order valence-corrected chi connectivity index (χ3v) is 3.56. The number of nitrogens with zero attached hydrogens (tertiary/aromatic N) is 1. The maximum Gasteiger partial charge on any atom is 0.417 e. The van der Waals surface area contributed by atoms with Gasteiger partial charge in [-0.05, 0) is 40.9 Å². The number of anilines is 1. The lowest BCUT2D eigenvalue weighted by Gasteiger charge is -2.21. The van der Waals surface area contributed by atoms with Gasteiger partial charge in [0, 0.05) is 13.1 Å². The molecule has 0 bridgehead atoms. The Morgan fingerprint density at radius 2 is 1.75 bits per heavy atom. The third-order valence-electron chi connectivity index (χ3n) is 2.73. The van der Waals surface area contributed by atoms with E-state index in [1.54, 1.807) is 6.07 Å². The molecule has 1 aliphatic heterocycles. The summed E-state index contributed by atoms with van der Waals surface area (Å²) in [6.07, 6.45) is -2.21. The van der Waals surface area contributed by atoms with Gasteiger partial charge < -0.3 is 4.90 Å². The molecule has 0 aromatic heterocycles. The first kappa shape index (κ1) is 11.8. The molecular formula is C11H11BrF3N. The van der Waals surface area contributed by atoms with Crippen LogP contribution in [0.15, 0.2) is 22.7 Å². The molecule has 88 valence electrons. The second-order valence-electron chi connectivity index (χ2n) is 3.83. The zero-order chi connectivity index (χ0) is 11.8. The predicted molar refractivity (Wildman–Crippen MR) is 60.6 cm³/mol. The van der Waals surface area contributed by atoms with Crippen LogP contribution < -0.4 is 4.90 Å². The Bertz CT molecular complexity index is 383. The van der Waals surface area contributed by atoms with Crippen LogP contribution in [0.2, 0.25) is 0 Å². The number of hydrogen-bond acceptors (Lipinski definition) is 1. The number of hydrogen-bond donors (Lipinski definition) is 0. The summed E-state index contributed by atoms with van der Waals surface area (Å²) in [5.41, 5.74) is 0.0456. The lowest BCUT2D eigenvalue weighted by molar-refractivity contribution is -0.138. The van der Waals surface area contributed by atoms with Gasteiger partial charge in [0.2, 0.25) is 0 Å². The lowest BCUT2D eigenvalue weighted by atomic mass is 10.2. The largest absolute Gasteiger partial charge is 0.417 e. The molecule has 1 nitrogen and oxygen atoms in total. The molecule has 0 spiro atoms. The van der Waals surface area contributed by atoms with Crippen molar-refractivity contribution in [2.75, 3.05) is 18.0 Å². The molecule has 1 aliphatic rings. The maximum absolute atomic E-state index is 12.7. The Morgan fingerprint density at radius 1 is 1.12 bits per heavy atom. The van der Waals surface area contributed by atoms with E-state index in [4.69, 9.17) is 0 Å². The highest BCUT2D eigenvalue weighted by atomic mass is 79.9. The summed E-state index contributed by atoms with van der Waals surface area (Å²) < 4.78 is 38.2. The van der Waals surface area contributed by atoms with Gasteiger partial charge in [-0.15, -0.1) is 0 Å². The number of halogens is 4. The molecule has 0 aliphatic carbocycles. The summed E-state index contributed by atoms with van der Waals surface area (Å²) in [6, 6.07) is 4.29. The summed E-state index contributed by atoms with van der Waals surface area (Å²) in [4.78, 5) is 1.99. The standard InChI is InChI=1S/C11H11BrF3N/c12-10-8(11(13,14)15)4-3-5-9(10)16-6-1-2-7-16/h3-5H,1-2,6-7H2. The van der Waals surface area contributed by atoms with Crippen LogP contribution >= 0.6 is 15.9 Å². The normalized spacial score (nSPS) is 16.9. The van der Waals surface area contributed by atoms with E-state index in [9.17, 15) is 13.2 Å². The summed E-state index contributed by atoms with van der Waals surface area (Å²) >= 11 is 3.07. The lowest BCUT2D eigenvalue weighted by Crippen LogP contribution is -2.19. The van der Waals surface area contributed by atoms with Crippen molar-refractivity contribution in [3.63, 3.8) is 0 Å². The molecule has 1 aromatic carbocycles. The molecule has 1 fully saturated rings. The van der Waals surface area contributed by atoms with E-state index >= 15 is 0 Å². The second kappa shape index (κ2) is 4.28. The van der Waals surface area contributed by atoms with Gasteiger partial charge in [-0.1, -0.05) is 6.07 Å². The van der Waals surface area contributed by atoms with Crippen molar-refractivity contribution >= 4 is 21.6 Å². The van der Waals surface area contributed by atoms with Gasteiger partial charge in [-0.25, -0.2) is 0 Å². The molecule has 1 saturated heterocycles. The molecular weight excluding hydrogens is 283 g/mol. The maximum atomic E-state index is 12.7. The molecule has 16 heavy (non-hydrogen) atoms. The highest BCUT2D eigenvalue weighted by molar-refractivity contribution is 9.10. The summed E-state index contributed by atoms with van der Waals surface area (Å²) in [7, 11) is 0. The van der Waals surface area contributed by atoms with Crippen LogP contribution in [-0.4, -0.2) is 13.1 Å². The highest BCUT2D eigenvalue weighted by Gasteiger charge is 2.34. The van der Waals surface area contributed by atoms with E-state index in [0.717, 1.165) is 32.0 Å². The van der Waals surface area contributed by atoms with Crippen LogP contribution in [0, 0.1) is 0 Å². The quantitative estimate of drug-likeness (QED) is 0.754. The Balaban J connectivity index is 2.40. The molecule has 0 amide bonds. The minimum atomic E-state index is -4.30. The predicted octanol–water partition coefficient (Wildman–Crippen LogP) is 4.07. The van der Waals surface area contributed by atoms with Crippen molar-refractivity contribution in [3.05, 3.63) is 28.2 Å². The SMILES string of the molecule is FC(F)(F)c1cccc(N2CCCC2)c1Br. The van der Waals surface area contributed by atoms with Crippen LogP contribution in [0.25, 0.3) is 0 Å². The smallest absolute Gasteiger partial charge is 0.371 e. The summed E-state index contributed by atoms with van der Waals surface area (Å²) in [5.74, 6) is 0. The van der Waals surface area contributed by atoms with Crippen molar-refractivity contribution in [1.82, 2.24) is 0 Å². The molecule has 0 N–H and O–H groups in total. The first-order valence-corrected chi connectivity index (χ1v) is 5.90. The van der Waals surface area contributed by atoms with Crippen LogP contribution in [0.3, 0.4) is 0 Å². The molecule has 5 heteroatoms. The first-order valence-electron chi connectivity index (χ1n) is 5.11. The van der Waals surface area contributed by atoms with Gasteiger partial charge in [0.1, 0.15) is 0 Å². The molecule has 0 saturated carbocycles. The summed E-state index contributed by atoms with van der Waals surface area (Å²) in [6.45, 7) is 1.67. The van der Waals surface area contributed by atoms with E-state index in [1.165, 1.54) is 6.07 Å². The van der Waals surface area contributed by atoms with Gasteiger partial charge in [0.25, 0.3) is 0 Å². The minimum Gasteiger partial charge on any atom is -0.371 e. The molecule has 0 radical (unpaired) electrons. The molecule has 0 atom stereocenters. The Hall–Kier alpha value is -0.710. The van der Waals surface area contributed by atoms with Crippen molar-refractivity contribution < 1.29 is 13.2 Å². The van der Waals surface area contributed by atoms with Crippen molar-refractivity contribution in [2.45, 2.75) is 19.0 Å². The Kier molecular flexibility index (Phi) is 3.15. The van der Waals surface area contributed by atoms with E-state index in [2.05, 4.69) is 15.9 Å². The fraction of sp³-hybridized carbons (Fsp3) is 0.455. The van der Waals surface area contributed by atoms with Gasteiger partial charge in [-0.3, -0.25) is 0 Å². The monoisotopic (exact) mass is 293 g/mol. The van der Waals surface area contributed by atoms with E-state index in [1.807, 2.05) is 4.90 Å². The minimum absolute atomic E-state index is 0.157. The van der Waals surface area contributed by atoms with Crippen molar-refractivity contribution in [1.29, 1.82) is 0 Å². The number of alkyl halides is 3. The Labute approximate surface area is 100 Å². The van der Waals surface area contributed by atoms with Crippen LogP contribution in [-0.2, 0) is 6.18 Å². The molecule has 1 heterocycles. The zero-order valence-corrected chi connectivity index (χ0v) is 10.1. The van der Waals surface area contributed by atoms with Crippen LogP contribution in [0.4, 0.5) is 18.9 Å². The van der Waals surface area contributed by atoms with Gasteiger partial charge in [0.15, 0.2) is 0 Å². The third kappa shape index (κ3) is 2.19. The molecule has 2 rings (SSSR count). The van der Waals surface area contributed by atoms with E-state index < -0.39 is 11.7 Å². The number of benzene rings is 1. The van der Waals surface area contributed by atoms with Gasteiger partial charge in [0.05, 0.1) is 15.7 Å². The molecule has 1 aromatic rings. The van der Waals surface area contributed by atoms with Gasteiger partial charge >= 0.3 is 6.18 Å². The highest BCUT2D eigenvalue weighted by Crippen LogP contribution is 2.40. The molecule has 0 unspecified atom stereocenters. The van der Waals surface area contributed by atoms with Crippen molar-refractivity contribution in [2.24, 2.45) is 0 Å². The van der Waals surface area contributed by atoms with Crippen molar-refractivity contribution in [3.8, 4) is 0 Å². The second-order valence-corrected chi connectivity index (χ2v) is 4.62. The zero-order valence-electron chi connectivity index (χ0n) is 8.52. The Morgan fingerprint density at radius 3 is 2.31 bits per heavy atom.